The summed E-state index contributed by atoms with van der Waals surface area (Å²) in [4.78, 5) is 42.8. The Morgan fingerprint density at radius 3 is 1.71 bits per heavy atom. The number of imidazole rings is 1. The van der Waals surface area contributed by atoms with E-state index in [1.165, 1.54) is 82.7 Å². The fraction of sp³-hybridized carbons (Fsp3) is 0.303. The molecule has 0 unspecified atom stereocenters. The van der Waals surface area contributed by atoms with E-state index < -0.39 is 0 Å². The maximum absolute atomic E-state index is 5.24. The Labute approximate surface area is 642 Å². The SMILES string of the molecule is C1=Cc2ccccc2C1.CC.CC.CC.CC.CC.CC.CC.CC.CC.CC.c1cc2c(cn1)OCC2.c1ccc2[nH]cnc2c1.c1ccc2ncccc2c1.c1ccc2ocnc2c1.c1ccc2scnc2c1.c1cnc2c(c1)CCC2.c1cnc2c(c1)N=NC2.c1cocn1.c1ncc2ccoc2n1. The minimum absolute atomic E-state index is 0.644. The Bertz CT molecular complexity index is 3870. The second-order valence-corrected chi connectivity index (χ2v) is 19.7. The van der Waals surface area contributed by atoms with Crippen LogP contribution in [0.25, 0.3) is 60.4 Å². The number of allylic oxidation sites excluding steroid dienone is 1. The van der Waals surface area contributed by atoms with E-state index in [-0.39, 0.29) is 0 Å². The summed E-state index contributed by atoms with van der Waals surface area (Å²) in [6.07, 6.45) is 31.7. The molecule has 5 aromatic carbocycles. The zero-order chi connectivity index (χ0) is 79.2. The summed E-state index contributed by atoms with van der Waals surface area (Å²) in [6.45, 7) is 41.5. The van der Waals surface area contributed by atoms with Gasteiger partial charge in [0, 0.05) is 54.0 Å². The Balaban J connectivity index is 0.00000114. The van der Waals surface area contributed by atoms with Crippen LogP contribution in [0.3, 0.4) is 0 Å². The topological polar surface area (TPSA) is 218 Å². The summed E-state index contributed by atoms with van der Waals surface area (Å²) in [5.74, 6) is 0.956. The van der Waals surface area contributed by atoms with E-state index in [0.29, 0.717) is 12.3 Å². The van der Waals surface area contributed by atoms with Gasteiger partial charge < -0.3 is 23.0 Å². The molecule has 1 N–H and O–H groups in total. The largest absolute Gasteiger partial charge is 0.491 e. The highest BCUT2D eigenvalue weighted by Gasteiger charge is 2.11. The van der Waals surface area contributed by atoms with E-state index >= 15 is 0 Å². The maximum atomic E-state index is 5.24. The number of benzene rings is 5. The molecule has 0 amide bonds. The van der Waals surface area contributed by atoms with Crippen LogP contribution >= 0.6 is 11.3 Å². The molecule has 570 valence electrons. The zero-order valence-corrected chi connectivity index (χ0v) is 68.1. The number of hydrogen-bond acceptors (Lipinski definition) is 17. The first kappa shape index (κ1) is 95.8. The van der Waals surface area contributed by atoms with Crippen LogP contribution in [0.1, 0.15) is 179 Å². The number of thiazole rings is 1. The second kappa shape index (κ2) is 66.7. The molecule has 12 heterocycles. The monoisotopic (exact) mass is 1470 g/mol. The average Bonchev–Trinajstić information content (AvgIpc) is 1.78. The maximum Gasteiger partial charge on any atom is 0.228 e. The summed E-state index contributed by atoms with van der Waals surface area (Å²) in [6, 6.07) is 56.1. The Morgan fingerprint density at radius 1 is 0.421 bits per heavy atom. The molecule has 10 aromatic heterocycles. The number of H-pyrrole nitrogens is 1. The van der Waals surface area contributed by atoms with Crippen molar-refractivity contribution in [1.82, 2.24) is 54.8 Å². The summed E-state index contributed by atoms with van der Waals surface area (Å²) < 4.78 is 20.9. The number of oxazole rings is 2. The lowest BCUT2D eigenvalue weighted by molar-refractivity contribution is 0.355. The van der Waals surface area contributed by atoms with E-state index in [0.717, 1.165) is 75.1 Å². The zero-order valence-electron chi connectivity index (χ0n) is 67.3. The van der Waals surface area contributed by atoms with Crippen molar-refractivity contribution in [3.63, 3.8) is 0 Å². The normalized spacial score (nSPS) is 10.2. The van der Waals surface area contributed by atoms with Gasteiger partial charge in [-0.15, -0.1) is 11.3 Å². The first-order valence-corrected chi connectivity index (χ1v) is 38.8. The van der Waals surface area contributed by atoms with Crippen LogP contribution in [-0.4, -0.2) is 61.4 Å². The number of para-hydroxylation sites is 6. The first-order chi connectivity index (χ1) is 53.2. The van der Waals surface area contributed by atoms with Gasteiger partial charge >= 0.3 is 0 Å². The van der Waals surface area contributed by atoms with Crippen LogP contribution < -0.4 is 4.74 Å². The molecule has 4 aliphatic rings. The van der Waals surface area contributed by atoms with Gasteiger partial charge in [-0.2, -0.15) is 10.2 Å². The highest BCUT2D eigenvalue weighted by molar-refractivity contribution is 7.16. The molecular weight excluding hydrogens is 1350 g/mol. The van der Waals surface area contributed by atoms with Gasteiger partial charge in [0.25, 0.3) is 0 Å². The molecule has 2 aliphatic carbocycles. The third-order valence-corrected chi connectivity index (χ3v) is 13.9. The van der Waals surface area contributed by atoms with Gasteiger partial charge in [-0.3, -0.25) is 19.9 Å². The van der Waals surface area contributed by atoms with Gasteiger partial charge in [-0.25, -0.2) is 29.9 Å². The Kier molecular flexibility index (Phi) is 59.7. The third kappa shape index (κ3) is 37.3. The number of hydrogen-bond donors (Lipinski definition) is 1. The van der Waals surface area contributed by atoms with E-state index in [2.05, 4.69) is 130 Å². The molecule has 18 heteroatoms. The number of aromatic nitrogens is 11. The minimum Gasteiger partial charge on any atom is -0.491 e. The third-order valence-electron chi connectivity index (χ3n) is 13.1. The number of rotatable bonds is 0. The molecule has 2 aliphatic heterocycles. The fourth-order valence-electron chi connectivity index (χ4n) is 8.79. The number of aryl methyl sites for hydroxylation is 2. The first-order valence-electron chi connectivity index (χ1n) is 37.9. The second-order valence-electron chi connectivity index (χ2n) is 18.9. The lowest BCUT2D eigenvalue weighted by Gasteiger charge is -1.93. The van der Waals surface area contributed by atoms with Crippen LogP contribution in [0.4, 0.5) is 5.69 Å². The van der Waals surface area contributed by atoms with Crippen LogP contribution in [0.15, 0.2) is 286 Å². The van der Waals surface area contributed by atoms with Gasteiger partial charge in [-0.05, 0) is 121 Å². The molecule has 0 atom stereocenters. The Morgan fingerprint density at radius 2 is 1.06 bits per heavy atom. The number of ether oxygens (including phenoxy) is 1. The summed E-state index contributed by atoms with van der Waals surface area (Å²) >= 11 is 1.68. The summed E-state index contributed by atoms with van der Waals surface area (Å²) in [5.41, 5.74) is 17.3. The molecule has 0 radical (unpaired) electrons. The Hall–Kier alpha value is -11.2. The quantitative estimate of drug-likeness (QED) is 0.149. The van der Waals surface area contributed by atoms with Gasteiger partial charge in [0.05, 0.1) is 74.9 Å². The average molecular weight is 1470 g/mol. The molecule has 0 fully saturated rings. The van der Waals surface area contributed by atoms with E-state index in [1.807, 2.05) is 278 Å². The summed E-state index contributed by atoms with van der Waals surface area (Å²) in [5, 5.41) is 9.82. The predicted octanol–water partition coefficient (Wildman–Crippen LogP) is 26.6. The fourth-order valence-corrected chi connectivity index (χ4v) is 9.47. The molecule has 0 saturated heterocycles. The van der Waals surface area contributed by atoms with Gasteiger partial charge in [-0.1, -0.05) is 242 Å². The lowest BCUT2D eigenvalue weighted by Crippen LogP contribution is -1.85. The highest BCUT2D eigenvalue weighted by atomic mass is 32.1. The smallest absolute Gasteiger partial charge is 0.228 e. The number of nitrogens with zero attached hydrogens (tertiary/aromatic N) is 12. The molecule has 0 saturated carbocycles. The van der Waals surface area contributed by atoms with Crippen molar-refractivity contribution in [1.29, 1.82) is 0 Å². The molecule has 0 spiro atoms. The minimum atomic E-state index is 0.644. The van der Waals surface area contributed by atoms with E-state index in [1.54, 1.807) is 54.9 Å². The molecule has 19 rings (SSSR count). The lowest BCUT2D eigenvalue weighted by atomic mass is 10.1. The number of furan rings is 1. The number of pyridine rings is 4. The van der Waals surface area contributed by atoms with Crippen molar-refractivity contribution >= 4 is 77.5 Å². The standard InChI is InChI=1S/C9H7N.C9H8.C8H9N.C7H6N2.C7H7NO.C7H5NO.C7H5NS.C6H5N3.C6H4N2O.C3H3NO.10C2H6/c1-2-6-9-8(4-1)5-3-7-10-9;1-2-5-9-7-3-6-8(9)4-1;1-3-7-4-2-6-9-8(7)5-1;1-2-4-7-6(3-1)8-5-9-7;1-3-8-5-7-6(1)2-4-9-7;2*1-2-4-7-6(3-1)8-5-9-7;1-2-5-6(7-3-1)4-8-9-5;1-2-9-6-5(1)3-7-4-8-6;1-2-5-3-4-1;10*1-2/h1-7H;1-6H,7H2;2,4,6H,1,3,5H2;1-5H,(H,8,9);1,3,5H,2,4H2;2*1-5H;1-3H,4H2;1-4H;1-3H;10*1-2H3. The molecule has 107 heavy (non-hydrogen) atoms. The van der Waals surface area contributed by atoms with Crippen LogP contribution in [0.5, 0.6) is 5.75 Å². The van der Waals surface area contributed by atoms with Crippen molar-refractivity contribution < 1.29 is 18.0 Å². The molecular formula is C89H119N13O4S. The van der Waals surface area contributed by atoms with Crippen LogP contribution in [-0.2, 0) is 32.2 Å². The van der Waals surface area contributed by atoms with Crippen molar-refractivity contribution in [3.8, 4) is 5.75 Å². The summed E-state index contributed by atoms with van der Waals surface area (Å²) in [7, 11) is 0. The van der Waals surface area contributed by atoms with Gasteiger partial charge in [0.15, 0.2) is 18.4 Å². The molecule has 17 nitrogen and oxygen atoms in total. The number of nitrogens with one attached hydrogen (secondary N) is 1. The number of aromatic amines is 1. The highest BCUT2D eigenvalue weighted by Crippen LogP contribution is 2.24. The van der Waals surface area contributed by atoms with Crippen molar-refractivity contribution in [2.75, 3.05) is 6.61 Å². The molecule has 0 bridgehead atoms. The van der Waals surface area contributed by atoms with Crippen molar-refractivity contribution in [3.05, 3.63) is 296 Å². The molecule has 15 aromatic rings. The van der Waals surface area contributed by atoms with Crippen molar-refractivity contribution in [2.45, 2.75) is 177 Å². The number of fused-ring (bicyclic) bond motifs is 9. The van der Waals surface area contributed by atoms with E-state index in [9.17, 15) is 0 Å². The van der Waals surface area contributed by atoms with Gasteiger partial charge in [0.1, 0.15) is 36.1 Å². The predicted molar refractivity (Wildman–Crippen MR) is 455 cm³/mol. The van der Waals surface area contributed by atoms with E-state index in [4.69, 9.17) is 13.6 Å². The van der Waals surface area contributed by atoms with Gasteiger partial charge in [0.2, 0.25) is 5.71 Å². The van der Waals surface area contributed by atoms with Crippen molar-refractivity contribution in [2.24, 2.45) is 10.2 Å². The van der Waals surface area contributed by atoms with Crippen LogP contribution in [0.2, 0.25) is 0 Å². The number of azo groups is 1. The van der Waals surface area contributed by atoms with Crippen LogP contribution in [0, 0.1) is 0 Å².